The average molecular weight is 276 g/mol. The highest BCUT2D eigenvalue weighted by Crippen LogP contribution is 2.13. The summed E-state index contributed by atoms with van der Waals surface area (Å²) in [6, 6.07) is 0. The van der Waals surface area contributed by atoms with Crippen molar-refractivity contribution >= 4 is 15.8 Å². The molecule has 7 nitrogen and oxygen atoms in total. The van der Waals surface area contributed by atoms with Crippen LogP contribution in [-0.2, 0) is 14.8 Å². The van der Waals surface area contributed by atoms with Gasteiger partial charge < -0.3 is 10.5 Å². The van der Waals surface area contributed by atoms with Gasteiger partial charge in [0.25, 0.3) is 0 Å². The number of H-pyrrole nitrogens is 1. The Hall–Kier alpha value is -1.12. The van der Waals surface area contributed by atoms with E-state index in [1.54, 1.807) is 0 Å². The molecule has 1 aromatic heterocycles. The van der Waals surface area contributed by atoms with Crippen LogP contribution in [0.4, 0.5) is 5.82 Å². The van der Waals surface area contributed by atoms with Gasteiger partial charge in [0.2, 0.25) is 10.0 Å². The Morgan fingerprint density at radius 3 is 2.83 bits per heavy atom. The van der Waals surface area contributed by atoms with Crippen LogP contribution >= 0.6 is 0 Å². The first-order chi connectivity index (χ1) is 8.43. The molecular weight excluding hydrogens is 256 g/mol. The highest BCUT2D eigenvalue weighted by Gasteiger charge is 2.18. The van der Waals surface area contributed by atoms with Gasteiger partial charge in [-0.1, -0.05) is 13.8 Å². The molecule has 0 spiro atoms. The van der Waals surface area contributed by atoms with Gasteiger partial charge in [0.05, 0.1) is 6.20 Å². The Balaban J connectivity index is 2.29. The van der Waals surface area contributed by atoms with Crippen LogP contribution in [0.5, 0.6) is 0 Å². The predicted octanol–water partition coefficient (Wildman–Crippen LogP) is 0.333. The summed E-state index contributed by atoms with van der Waals surface area (Å²) in [5.74, 6) is 0.519. The number of hydrogen-bond acceptors (Lipinski definition) is 5. The normalized spacial score (nSPS) is 12.2. The lowest BCUT2D eigenvalue weighted by molar-refractivity contribution is 0.108. The molecule has 0 amide bonds. The number of rotatable bonds is 8. The van der Waals surface area contributed by atoms with E-state index in [2.05, 4.69) is 28.8 Å². The molecular formula is C10H20N4O3S. The fraction of sp³-hybridized carbons (Fsp3) is 0.700. The minimum atomic E-state index is -3.58. The Morgan fingerprint density at radius 1 is 1.56 bits per heavy atom. The molecule has 0 aromatic carbocycles. The van der Waals surface area contributed by atoms with Crippen LogP contribution in [-0.4, -0.2) is 38.4 Å². The molecule has 0 unspecified atom stereocenters. The van der Waals surface area contributed by atoms with Crippen LogP contribution in [0.1, 0.15) is 20.3 Å². The van der Waals surface area contributed by atoms with Crippen molar-refractivity contribution in [1.82, 2.24) is 14.9 Å². The lowest BCUT2D eigenvalue weighted by Crippen LogP contribution is -2.26. The number of sulfonamides is 1. The third-order valence-electron chi connectivity index (χ3n) is 2.13. The molecule has 0 fully saturated rings. The Morgan fingerprint density at radius 2 is 2.28 bits per heavy atom. The molecule has 0 saturated carbocycles. The number of anilines is 1. The van der Waals surface area contributed by atoms with E-state index in [9.17, 15) is 8.42 Å². The molecule has 0 bridgehead atoms. The number of nitrogens with zero attached hydrogens (tertiary/aromatic N) is 1. The molecule has 0 saturated heterocycles. The quantitative estimate of drug-likeness (QED) is 0.593. The van der Waals surface area contributed by atoms with Crippen molar-refractivity contribution in [2.45, 2.75) is 25.2 Å². The van der Waals surface area contributed by atoms with Gasteiger partial charge in [-0.25, -0.2) is 13.1 Å². The molecule has 8 heteroatoms. The second kappa shape index (κ2) is 6.72. The molecule has 0 aliphatic heterocycles. The number of aromatic nitrogens is 2. The maximum absolute atomic E-state index is 11.8. The zero-order valence-electron chi connectivity index (χ0n) is 10.6. The number of nitrogens with two attached hydrogens (primary N) is 1. The summed E-state index contributed by atoms with van der Waals surface area (Å²) in [5.41, 5.74) is 5.45. The molecule has 1 rings (SSSR count). The fourth-order valence-electron chi connectivity index (χ4n) is 1.28. The number of nitrogens with one attached hydrogen (secondary N) is 2. The van der Waals surface area contributed by atoms with Gasteiger partial charge in [-0.15, -0.1) is 0 Å². The van der Waals surface area contributed by atoms with E-state index in [1.165, 1.54) is 6.20 Å². The van der Waals surface area contributed by atoms with Gasteiger partial charge in [-0.05, 0) is 12.3 Å². The average Bonchev–Trinajstić information content (AvgIpc) is 2.70. The van der Waals surface area contributed by atoms with Gasteiger partial charge in [0.1, 0.15) is 10.7 Å². The van der Waals surface area contributed by atoms with Crippen molar-refractivity contribution in [1.29, 1.82) is 0 Å². The van der Waals surface area contributed by atoms with Crippen molar-refractivity contribution in [3.8, 4) is 0 Å². The van der Waals surface area contributed by atoms with Crippen LogP contribution < -0.4 is 10.5 Å². The van der Waals surface area contributed by atoms with Crippen LogP contribution in [0.2, 0.25) is 0 Å². The molecule has 4 N–H and O–H groups in total. The van der Waals surface area contributed by atoms with Crippen LogP contribution in [0.25, 0.3) is 0 Å². The lowest BCUT2D eigenvalue weighted by atomic mass is 10.2. The summed E-state index contributed by atoms with van der Waals surface area (Å²) in [5, 5.41) is 5.95. The van der Waals surface area contributed by atoms with Crippen LogP contribution in [0, 0.1) is 5.92 Å². The third kappa shape index (κ3) is 4.63. The largest absolute Gasteiger partial charge is 0.383 e. The second-order valence-electron chi connectivity index (χ2n) is 4.37. The van der Waals surface area contributed by atoms with Crippen LogP contribution in [0.3, 0.4) is 0 Å². The minimum absolute atomic E-state index is 0.0226. The van der Waals surface area contributed by atoms with Gasteiger partial charge in [-0.2, -0.15) is 5.10 Å². The van der Waals surface area contributed by atoms with E-state index < -0.39 is 10.0 Å². The molecule has 0 aliphatic carbocycles. The summed E-state index contributed by atoms with van der Waals surface area (Å²) >= 11 is 0. The van der Waals surface area contributed by atoms with Crippen LogP contribution in [0.15, 0.2) is 11.1 Å². The van der Waals surface area contributed by atoms with Gasteiger partial charge in [0, 0.05) is 19.8 Å². The van der Waals surface area contributed by atoms with E-state index in [0.717, 1.165) is 0 Å². The highest BCUT2D eigenvalue weighted by molar-refractivity contribution is 7.89. The predicted molar refractivity (Wildman–Crippen MR) is 68.5 cm³/mol. The molecule has 18 heavy (non-hydrogen) atoms. The van der Waals surface area contributed by atoms with Crippen molar-refractivity contribution < 1.29 is 13.2 Å². The number of hydrogen-bond donors (Lipinski definition) is 3. The minimum Gasteiger partial charge on any atom is -0.383 e. The summed E-state index contributed by atoms with van der Waals surface area (Å²) in [6.07, 6.45) is 1.80. The summed E-state index contributed by atoms with van der Waals surface area (Å²) < 4.78 is 31.3. The maximum atomic E-state index is 11.8. The standard InChI is InChI=1S/C10H20N4O3S/c1-8(2)7-17-5-3-4-13-18(15,16)9-6-12-14-10(9)11/h6,8,13H,3-5,7H2,1-2H3,(H3,11,12,14). The number of nitrogen functional groups attached to an aromatic ring is 1. The Labute approximate surface area is 107 Å². The molecule has 104 valence electrons. The first-order valence-corrected chi connectivity index (χ1v) is 7.28. The number of aromatic amines is 1. The maximum Gasteiger partial charge on any atom is 0.245 e. The van der Waals surface area contributed by atoms with E-state index in [4.69, 9.17) is 10.5 Å². The van der Waals surface area contributed by atoms with E-state index in [0.29, 0.717) is 32.1 Å². The molecule has 1 aromatic rings. The first kappa shape index (κ1) is 14.9. The Kier molecular flexibility index (Phi) is 5.57. The van der Waals surface area contributed by atoms with Crippen molar-refractivity contribution in [2.75, 3.05) is 25.5 Å². The molecule has 0 atom stereocenters. The van der Waals surface area contributed by atoms with E-state index >= 15 is 0 Å². The Bertz CT molecular complexity index is 455. The SMILES string of the molecule is CC(C)COCCCNS(=O)(=O)c1cn[nH]c1N. The molecule has 1 heterocycles. The first-order valence-electron chi connectivity index (χ1n) is 5.79. The summed E-state index contributed by atoms with van der Waals surface area (Å²) in [6.45, 7) is 5.64. The van der Waals surface area contributed by atoms with Crippen molar-refractivity contribution in [3.05, 3.63) is 6.20 Å². The summed E-state index contributed by atoms with van der Waals surface area (Å²) in [4.78, 5) is -0.0226. The summed E-state index contributed by atoms with van der Waals surface area (Å²) in [7, 11) is -3.58. The van der Waals surface area contributed by atoms with Gasteiger partial charge >= 0.3 is 0 Å². The fourth-order valence-corrected chi connectivity index (χ4v) is 2.37. The van der Waals surface area contributed by atoms with Crippen molar-refractivity contribution in [3.63, 3.8) is 0 Å². The highest BCUT2D eigenvalue weighted by atomic mass is 32.2. The third-order valence-corrected chi connectivity index (χ3v) is 3.62. The van der Waals surface area contributed by atoms with Gasteiger partial charge in [-0.3, -0.25) is 5.10 Å². The van der Waals surface area contributed by atoms with E-state index in [-0.39, 0.29) is 10.7 Å². The molecule has 0 radical (unpaired) electrons. The number of ether oxygens (including phenoxy) is 1. The zero-order chi connectivity index (χ0) is 13.6. The van der Waals surface area contributed by atoms with Crippen molar-refractivity contribution in [2.24, 2.45) is 5.92 Å². The monoisotopic (exact) mass is 276 g/mol. The van der Waals surface area contributed by atoms with E-state index in [1.807, 2.05) is 0 Å². The smallest absolute Gasteiger partial charge is 0.245 e. The van der Waals surface area contributed by atoms with Gasteiger partial charge in [0.15, 0.2) is 0 Å². The topological polar surface area (TPSA) is 110 Å². The molecule has 0 aliphatic rings. The second-order valence-corrected chi connectivity index (χ2v) is 6.10. The lowest BCUT2D eigenvalue weighted by Gasteiger charge is -2.07. The zero-order valence-corrected chi connectivity index (χ0v) is 11.5.